The Kier molecular flexibility index (Phi) is 6.02. The van der Waals surface area contributed by atoms with Crippen molar-refractivity contribution >= 4 is 29.1 Å². The van der Waals surface area contributed by atoms with Crippen LogP contribution >= 0.6 is 11.6 Å². The van der Waals surface area contributed by atoms with Gasteiger partial charge < -0.3 is 16.4 Å². The first kappa shape index (κ1) is 17.8. The van der Waals surface area contributed by atoms with Crippen molar-refractivity contribution in [3.63, 3.8) is 0 Å². The zero-order valence-electron chi connectivity index (χ0n) is 13.5. The van der Waals surface area contributed by atoms with Gasteiger partial charge in [0, 0.05) is 19.2 Å². The molecule has 0 heterocycles. The third kappa shape index (κ3) is 4.45. The van der Waals surface area contributed by atoms with Gasteiger partial charge in [-0.15, -0.1) is 0 Å². The van der Waals surface area contributed by atoms with Crippen molar-refractivity contribution in [2.24, 2.45) is 11.1 Å². The van der Waals surface area contributed by atoms with Crippen LogP contribution in [0.2, 0.25) is 5.02 Å². The maximum absolute atomic E-state index is 12.4. The summed E-state index contributed by atoms with van der Waals surface area (Å²) in [7, 11) is 1.54. The van der Waals surface area contributed by atoms with Crippen LogP contribution in [0, 0.1) is 5.41 Å². The van der Waals surface area contributed by atoms with Gasteiger partial charge in [0.2, 0.25) is 5.91 Å². The van der Waals surface area contributed by atoms with E-state index < -0.39 is 0 Å². The van der Waals surface area contributed by atoms with Crippen LogP contribution in [0.3, 0.4) is 0 Å². The summed E-state index contributed by atoms with van der Waals surface area (Å²) in [4.78, 5) is 24.1. The van der Waals surface area contributed by atoms with Gasteiger partial charge in [-0.2, -0.15) is 0 Å². The monoisotopic (exact) mass is 337 g/mol. The Bertz CT molecular complexity index is 583. The first-order chi connectivity index (χ1) is 11.0. The molecule has 23 heavy (non-hydrogen) atoms. The van der Waals surface area contributed by atoms with Crippen molar-refractivity contribution in [1.82, 2.24) is 5.32 Å². The molecule has 0 bridgehead atoms. The summed E-state index contributed by atoms with van der Waals surface area (Å²) in [6.45, 7) is 0.532. The minimum Gasteiger partial charge on any atom is -0.355 e. The molecule has 0 radical (unpaired) electrons. The second kappa shape index (κ2) is 7.79. The van der Waals surface area contributed by atoms with E-state index in [9.17, 15) is 9.59 Å². The van der Waals surface area contributed by atoms with Crippen molar-refractivity contribution in [2.45, 2.75) is 38.5 Å². The summed E-state index contributed by atoms with van der Waals surface area (Å²) in [5, 5.41) is 5.75. The van der Waals surface area contributed by atoms with Crippen LogP contribution in [0.1, 0.15) is 48.9 Å². The van der Waals surface area contributed by atoms with Crippen LogP contribution in [0.15, 0.2) is 18.2 Å². The van der Waals surface area contributed by atoms with E-state index in [2.05, 4.69) is 10.6 Å². The molecule has 2 rings (SSSR count). The summed E-state index contributed by atoms with van der Waals surface area (Å²) in [6, 6.07) is 4.90. The maximum Gasteiger partial charge on any atom is 0.252 e. The van der Waals surface area contributed by atoms with E-state index in [4.69, 9.17) is 17.3 Å². The number of rotatable bonds is 5. The lowest BCUT2D eigenvalue weighted by Gasteiger charge is -2.35. The zero-order chi connectivity index (χ0) is 16.9. The summed E-state index contributed by atoms with van der Waals surface area (Å²) in [5.74, 6) is -0.348. The molecule has 0 aromatic heterocycles. The number of anilines is 1. The first-order valence-electron chi connectivity index (χ1n) is 8.01. The molecule has 1 aliphatic carbocycles. The van der Waals surface area contributed by atoms with Gasteiger partial charge >= 0.3 is 0 Å². The Morgan fingerprint density at radius 2 is 1.96 bits per heavy atom. The normalized spacial score (nSPS) is 16.7. The highest BCUT2D eigenvalue weighted by Gasteiger charge is 2.33. The molecule has 6 heteroatoms. The van der Waals surface area contributed by atoms with Crippen molar-refractivity contribution in [1.29, 1.82) is 0 Å². The molecule has 0 unspecified atom stereocenters. The number of nitrogens with two attached hydrogens (primary N) is 1. The smallest absolute Gasteiger partial charge is 0.252 e. The average molecular weight is 338 g/mol. The SMILES string of the molecule is CNC(=O)c1cc(NC(=O)CC2(CN)CCCCC2)ccc1Cl. The molecule has 0 spiro atoms. The van der Waals surface area contributed by atoms with Gasteiger partial charge in [-0.25, -0.2) is 0 Å². The van der Waals surface area contributed by atoms with E-state index in [0.717, 1.165) is 25.7 Å². The van der Waals surface area contributed by atoms with Gasteiger partial charge in [0.05, 0.1) is 10.6 Å². The number of amides is 2. The molecule has 1 saturated carbocycles. The van der Waals surface area contributed by atoms with Crippen LogP contribution in [-0.2, 0) is 4.79 Å². The molecule has 126 valence electrons. The Balaban J connectivity index is 2.06. The van der Waals surface area contributed by atoms with E-state index in [1.807, 2.05) is 0 Å². The number of carbonyl (C=O) groups excluding carboxylic acids is 2. The highest BCUT2D eigenvalue weighted by molar-refractivity contribution is 6.34. The van der Waals surface area contributed by atoms with Crippen molar-refractivity contribution < 1.29 is 9.59 Å². The van der Waals surface area contributed by atoms with E-state index >= 15 is 0 Å². The van der Waals surface area contributed by atoms with Gasteiger partial charge in [-0.3, -0.25) is 9.59 Å². The van der Waals surface area contributed by atoms with Crippen LogP contribution < -0.4 is 16.4 Å². The van der Waals surface area contributed by atoms with Gasteiger partial charge in [-0.05, 0) is 43.0 Å². The Morgan fingerprint density at radius 3 is 2.57 bits per heavy atom. The van der Waals surface area contributed by atoms with Crippen LogP contribution in [0.25, 0.3) is 0 Å². The molecule has 1 aromatic carbocycles. The largest absolute Gasteiger partial charge is 0.355 e. The predicted molar refractivity (Wildman–Crippen MR) is 92.7 cm³/mol. The number of nitrogens with one attached hydrogen (secondary N) is 2. The van der Waals surface area contributed by atoms with Crippen molar-refractivity contribution in [3.8, 4) is 0 Å². The lowest BCUT2D eigenvalue weighted by atomic mass is 9.71. The zero-order valence-corrected chi connectivity index (χ0v) is 14.2. The second-order valence-electron chi connectivity index (χ2n) is 6.26. The quantitative estimate of drug-likeness (QED) is 0.772. The lowest BCUT2D eigenvalue weighted by molar-refractivity contribution is -0.118. The minimum atomic E-state index is -0.281. The molecule has 4 N–H and O–H groups in total. The molecule has 1 aliphatic rings. The van der Waals surface area contributed by atoms with Gasteiger partial charge in [0.25, 0.3) is 5.91 Å². The Labute approximate surface area is 142 Å². The Morgan fingerprint density at radius 1 is 1.26 bits per heavy atom. The molecule has 5 nitrogen and oxygen atoms in total. The van der Waals surface area contributed by atoms with E-state index in [1.165, 1.54) is 13.5 Å². The topological polar surface area (TPSA) is 84.2 Å². The van der Waals surface area contributed by atoms with Gasteiger partial charge in [0.15, 0.2) is 0 Å². The summed E-state index contributed by atoms with van der Waals surface area (Å²) in [6.07, 6.45) is 5.90. The highest BCUT2D eigenvalue weighted by atomic mass is 35.5. The third-order valence-electron chi connectivity index (χ3n) is 4.60. The molecule has 0 saturated heterocycles. The summed E-state index contributed by atoms with van der Waals surface area (Å²) >= 11 is 6.02. The average Bonchev–Trinajstić information content (AvgIpc) is 2.56. The van der Waals surface area contributed by atoms with E-state index in [0.29, 0.717) is 29.2 Å². The number of halogens is 1. The number of carbonyl (C=O) groups is 2. The fourth-order valence-corrected chi connectivity index (χ4v) is 3.42. The number of hydrogen-bond donors (Lipinski definition) is 3. The second-order valence-corrected chi connectivity index (χ2v) is 6.67. The van der Waals surface area contributed by atoms with E-state index in [-0.39, 0.29) is 17.2 Å². The molecule has 1 aromatic rings. The highest BCUT2D eigenvalue weighted by Crippen LogP contribution is 2.38. The van der Waals surface area contributed by atoms with Gasteiger partial charge in [0.1, 0.15) is 0 Å². The fraction of sp³-hybridized carbons (Fsp3) is 0.529. The van der Waals surface area contributed by atoms with Crippen molar-refractivity contribution in [3.05, 3.63) is 28.8 Å². The minimum absolute atomic E-state index is 0.0671. The first-order valence-corrected chi connectivity index (χ1v) is 8.39. The summed E-state index contributed by atoms with van der Waals surface area (Å²) in [5.41, 5.74) is 6.76. The van der Waals surface area contributed by atoms with Gasteiger partial charge in [-0.1, -0.05) is 30.9 Å². The number of benzene rings is 1. The molecule has 2 amide bonds. The molecule has 0 atom stereocenters. The van der Waals surface area contributed by atoms with Crippen LogP contribution in [0.5, 0.6) is 0 Å². The Hall–Kier alpha value is -1.59. The summed E-state index contributed by atoms with van der Waals surface area (Å²) < 4.78 is 0. The van der Waals surface area contributed by atoms with Crippen LogP contribution in [-0.4, -0.2) is 25.4 Å². The lowest BCUT2D eigenvalue weighted by Crippen LogP contribution is -2.36. The molecule has 0 aliphatic heterocycles. The number of hydrogen-bond acceptors (Lipinski definition) is 3. The standard InChI is InChI=1S/C17H24ClN3O2/c1-20-16(23)13-9-12(5-6-14(13)18)21-15(22)10-17(11-19)7-3-2-4-8-17/h5-6,9H,2-4,7-8,10-11,19H2,1H3,(H,20,23)(H,21,22). The third-order valence-corrected chi connectivity index (χ3v) is 4.93. The maximum atomic E-state index is 12.4. The van der Waals surface area contributed by atoms with Crippen LogP contribution in [0.4, 0.5) is 5.69 Å². The van der Waals surface area contributed by atoms with E-state index in [1.54, 1.807) is 18.2 Å². The predicted octanol–water partition coefficient (Wildman–Crippen LogP) is 2.94. The fourth-order valence-electron chi connectivity index (χ4n) is 3.21. The molecule has 1 fully saturated rings. The molecular weight excluding hydrogens is 314 g/mol. The molecular formula is C17H24ClN3O2. The van der Waals surface area contributed by atoms with Crippen molar-refractivity contribution in [2.75, 3.05) is 18.9 Å².